The highest BCUT2D eigenvalue weighted by Gasteiger charge is 2.53. The number of urea groups is 1. The summed E-state index contributed by atoms with van der Waals surface area (Å²) >= 11 is 0. The van der Waals surface area contributed by atoms with Gasteiger partial charge in [0.1, 0.15) is 12.1 Å². The fraction of sp³-hybridized carbons (Fsp3) is 0.630. The van der Waals surface area contributed by atoms with Gasteiger partial charge in [0.2, 0.25) is 5.91 Å². The summed E-state index contributed by atoms with van der Waals surface area (Å²) in [4.78, 5) is 44.3. The van der Waals surface area contributed by atoms with Crippen molar-refractivity contribution in [2.75, 3.05) is 37.6 Å². The molecule has 35 heavy (non-hydrogen) atoms. The van der Waals surface area contributed by atoms with E-state index in [4.69, 9.17) is 5.26 Å². The minimum atomic E-state index is -0.844. The Balaban J connectivity index is 1.34. The van der Waals surface area contributed by atoms with Crippen LogP contribution in [0.1, 0.15) is 64.9 Å². The molecule has 4 rings (SSSR count). The Morgan fingerprint density at radius 3 is 2.43 bits per heavy atom. The highest BCUT2D eigenvalue weighted by Crippen LogP contribution is 2.45. The summed E-state index contributed by atoms with van der Waals surface area (Å²) in [6.07, 6.45) is 4.98. The monoisotopic (exact) mass is 479 g/mol. The van der Waals surface area contributed by atoms with Gasteiger partial charge in [-0.2, -0.15) is 5.26 Å². The molecule has 2 saturated heterocycles. The van der Waals surface area contributed by atoms with Crippen LogP contribution in [-0.2, 0) is 9.59 Å². The number of hydrogen-bond donors (Lipinski definition) is 1. The van der Waals surface area contributed by atoms with Gasteiger partial charge >= 0.3 is 6.03 Å². The zero-order chi connectivity index (χ0) is 25.2. The van der Waals surface area contributed by atoms with Gasteiger partial charge in [-0.3, -0.25) is 14.5 Å². The number of amides is 4. The van der Waals surface area contributed by atoms with Gasteiger partial charge in [0, 0.05) is 31.9 Å². The third-order valence-electron chi connectivity index (χ3n) is 8.60. The number of carbonyl (C=O) groups is 3. The molecule has 8 heteroatoms. The molecule has 3 fully saturated rings. The molecule has 0 bridgehead atoms. The fourth-order valence-electron chi connectivity index (χ4n) is 5.75. The molecule has 2 heterocycles. The van der Waals surface area contributed by atoms with Gasteiger partial charge in [-0.15, -0.1) is 0 Å². The third kappa shape index (κ3) is 5.00. The molecule has 0 radical (unpaired) electrons. The first-order valence-corrected chi connectivity index (χ1v) is 12.9. The van der Waals surface area contributed by atoms with Crippen LogP contribution in [0.5, 0.6) is 0 Å². The molecule has 1 saturated carbocycles. The van der Waals surface area contributed by atoms with Crippen molar-refractivity contribution in [2.24, 2.45) is 11.3 Å². The van der Waals surface area contributed by atoms with Gasteiger partial charge in [0.25, 0.3) is 5.91 Å². The largest absolute Gasteiger partial charge is 0.370 e. The summed E-state index contributed by atoms with van der Waals surface area (Å²) in [6, 6.07) is 9.15. The van der Waals surface area contributed by atoms with E-state index >= 15 is 0 Å². The Morgan fingerprint density at radius 2 is 1.80 bits per heavy atom. The zero-order valence-electron chi connectivity index (χ0n) is 21.2. The van der Waals surface area contributed by atoms with Crippen molar-refractivity contribution in [3.05, 3.63) is 29.8 Å². The lowest BCUT2D eigenvalue weighted by atomic mass is 9.65. The molecule has 1 aliphatic carbocycles. The van der Waals surface area contributed by atoms with Crippen LogP contribution in [-0.4, -0.2) is 65.9 Å². The number of carbonyl (C=O) groups excluding carboxylic acids is 3. The van der Waals surface area contributed by atoms with E-state index in [0.717, 1.165) is 42.8 Å². The van der Waals surface area contributed by atoms with E-state index in [-0.39, 0.29) is 23.8 Å². The molecule has 1 aromatic rings. The third-order valence-corrected chi connectivity index (χ3v) is 8.60. The molecule has 4 amide bonds. The van der Waals surface area contributed by atoms with Crippen LogP contribution in [0.15, 0.2) is 24.3 Å². The number of imide groups is 1. The molecule has 1 N–H and O–H groups in total. The number of nitrogens with zero attached hydrogens (tertiary/aromatic N) is 4. The van der Waals surface area contributed by atoms with Crippen LogP contribution in [0.25, 0.3) is 0 Å². The predicted molar refractivity (Wildman–Crippen MR) is 134 cm³/mol. The molecule has 0 atom stereocenters. The number of nitriles is 1. The van der Waals surface area contributed by atoms with Crippen molar-refractivity contribution in [3.63, 3.8) is 0 Å². The van der Waals surface area contributed by atoms with Crippen LogP contribution in [0.4, 0.5) is 10.5 Å². The van der Waals surface area contributed by atoms with Gasteiger partial charge in [0.15, 0.2) is 0 Å². The number of hydrogen-bond acceptors (Lipinski definition) is 5. The molecule has 3 aliphatic rings. The molecule has 8 nitrogen and oxygen atoms in total. The second-order valence-corrected chi connectivity index (χ2v) is 10.9. The summed E-state index contributed by atoms with van der Waals surface area (Å²) in [5.41, 5.74) is 1.02. The predicted octanol–water partition coefficient (Wildman–Crippen LogP) is 3.51. The summed E-state index contributed by atoms with van der Waals surface area (Å²) < 4.78 is 0. The normalized spacial score (nSPS) is 25.4. The summed E-state index contributed by atoms with van der Waals surface area (Å²) in [6.45, 7) is 9.14. The Hall–Kier alpha value is -3.08. The second kappa shape index (κ2) is 9.88. The molecule has 0 unspecified atom stereocenters. The van der Waals surface area contributed by atoms with Gasteiger partial charge in [-0.05, 0) is 67.7 Å². The Kier molecular flexibility index (Phi) is 7.07. The number of anilines is 1. The second-order valence-electron chi connectivity index (χ2n) is 10.9. The fourth-order valence-corrected chi connectivity index (χ4v) is 5.75. The van der Waals surface area contributed by atoms with E-state index < -0.39 is 11.6 Å². The summed E-state index contributed by atoms with van der Waals surface area (Å²) in [5.74, 6) is 0.111. The molecule has 1 aromatic carbocycles. The van der Waals surface area contributed by atoms with Gasteiger partial charge in [-0.25, -0.2) is 4.79 Å². The lowest BCUT2D eigenvalue weighted by molar-refractivity contribution is -0.139. The first kappa shape index (κ1) is 25.0. The van der Waals surface area contributed by atoms with E-state index in [9.17, 15) is 14.4 Å². The van der Waals surface area contributed by atoms with Crippen LogP contribution < -0.4 is 10.2 Å². The van der Waals surface area contributed by atoms with Crippen molar-refractivity contribution in [3.8, 4) is 6.07 Å². The zero-order valence-corrected chi connectivity index (χ0v) is 21.2. The maximum absolute atomic E-state index is 13.3. The molecule has 2 aliphatic heterocycles. The van der Waals surface area contributed by atoms with Gasteiger partial charge in [0.05, 0.1) is 11.6 Å². The van der Waals surface area contributed by atoms with Crippen LogP contribution in [0.3, 0.4) is 0 Å². The Labute approximate surface area is 208 Å². The average Bonchev–Trinajstić information content (AvgIpc) is 3.04. The molecule has 1 spiro atoms. The smallest absolute Gasteiger partial charge is 0.325 e. The van der Waals surface area contributed by atoms with Crippen molar-refractivity contribution in [2.45, 2.75) is 64.8 Å². The number of nitrogens with one attached hydrogen (secondary N) is 1. The minimum Gasteiger partial charge on any atom is -0.370 e. The quantitative estimate of drug-likeness (QED) is 0.652. The van der Waals surface area contributed by atoms with Crippen molar-refractivity contribution in [1.29, 1.82) is 5.26 Å². The molecule has 0 aromatic heterocycles. The number of benzene rings is 1. The topological polar surface area (TPSA) is 96.8 Å². The SMILES string of the molecule is CCC(C)(C)C1CCC2(CC1)NC(=O)N(CC(=O)N1CCCN(c3ccc(C#N)cc3)CC1)C2=O. The average molecular weight is 480 g/mol. The van der Waals surface area contributed by atoms with Crippen molar-refractivity contribution >= 4 is 23.5 Å². The lowest BCUT2D eigenvalue weighted by Gasteiger charge is -2.42. The van der Waals surface area contributed by atoms with Crippen LogP contribution in [0, 0.1) is 22.7 Å². The highest BCUT2D eigenvalue weighted by atomic mass is 16.2. The van der Waals surface area contributed by atoms with Crippen LogP contribution in [0.2, 0.25) is 0 Å². The van der Waals surface area contributed by atoms with E-state index in [1.807, 2.05) is 12.1 Å². The van der Waals surface area contributed by atoms with Crippen molar-refractivity contribution in [1.82, 2.24) is 15.1 Å². The van der Waals surface area contributed by atoms with Crippen LogP contribution >= 0.6 is 0 Å². The standard InChI is InChI=1S/C27H37N5O3/c1-4-26(2,3)21-10-12-27(13-11-21)24(34)32(25(35)29-27)19-23(33)31-15-5-14-30(16-17-31)22-8-6-20(18-28)7-9-22/h6-9,21H,4-5,10-17,19H2,1-3H3,(H,29,35). The van der Waals surface area contributed by atoms with Gasteiger partial charge in [-0.1, -0.05) is 27.2 Å². The molecule has 188 valence electrons. The molecular weight excluding hydrogens is 442 g/mol. The maximum atomic E-state index is 13.3. The van der Waals surface area contributed by atoms with E-state index in [1.54, 1.807) is 17.0 Å². The summed E-state index contributed by atoms with van der Waals surface area (Å²) in [7, 11) is 0. The maximum Gasteiger partial charge on any atom is 0.325 e. The van der Waals surface area contributed by atoms with E-state index in [2.05, 4.69) is 37.1 Å². The number of rotatable bonds is 5. The highest BCUT2D eigenvalue weighted by molar-refractivity contribution is 6.09. The van der Waals surface area contributed by atoms with E-state index in [0.29, 0.717) is 44.0 Å². The first-order valence-electron chi connectivity index (χ1n) is 12.9. The van der Waals surface area contributed by atoms with Crippen molar-refractivity contribution < 1.29 is 14.4 Å². The van der Waals surface area contributed by atoms with E-state index in [1.165, 1.54) is 0 Å². The van der Waals surface area contributed by atoms with Gasteiger partial charge < -0.3 is 15.1 Å². The Bertz CT molecular complexity index is 1000. The summed E-state index contributed by atoms with van der Waals surface area (Å²) in [5, 5.41) is 12.0. The Morgan fingerprint density at radius 1 is 1.11 bits per heavy atom. The first-order chi connectivity index (χ1) is 16.7. The minimum absolute atomic E-state index is 0.187. The lowest BCUT2D eigenvalue weighted by Crippen LogP contribution is -2.51. The molecular formula is C27H37N5O3.